The summed E-state index contributed by atoms with van der Waals surface area (Å²) in [5.41, 5.74) is 3.19. The van der Waals surface area contributed by atoms with Crippen LogP contribution in [0.3, 0.4) is 0 Å². The van der Waals surface area contributed by atoms with Crippen LogP contribution in [0.4, 0.5) is 5.69 Å². The van der Waals surface area contributed by atoms with Crippen LogP contribution in [0, 0.1) is 19.8 Å². The van der Waals surface area contributed by atoms with Crippen LogP contribution in [0.15, 0.2) is 46.9 Å². The van der Waals surface area contributed by atoms with Gasteiger partial charge in [0, 0.05) is 17.6 Å². The van der Waals surface area contributed by atoms with E-state index in [1.54, 1.807) is 19.1 Å². The van der Waals surface area contributed by atoms with Gasteiger partial charge in [0.2, 0.25) is 21.8 Å². The zero-order chi connectivity index (χ0) is 25.6. The number of rotatable bonds is 10. The lowest BCUT2D eigenvalue weighted by molar-refractivity contribution is -0.139. The Labute approximate surface area is 211 Å². The Kier molecular flexibility index (Phi) is 9.70. The second kappa shape index (κ2) is 11.8. The molecule has 0 aliphatic heterocycles. The van der Waals surface area contributed by atoms with Crippen LogP contribution in [0.2, 0.25) is 0 Å². The van der Waals surface area contributed by atoms with E-state index in [9.17, 15) is 18.0 Å². The molecule has 34 heavy (non-hydrogen) atoms. The van der Waals surface area contributed by atoms with E-state index in [0.717, 1.165) is 31.7 Å². The van der Waals surface area contributed by atoms with Crippen molar-refractivity contribution < 1.29 is 18.0 Å². The number of sulfonamides is 1. The highest BCUT2D eigenvalue weighted by molar-refractivity contribution is 9.10. The van der Waals surface area contributed by atoms with Crippen molar-refractivity contribution in [3.8, 4) is 0 Å². The fourth-order valence-electron chi connectivity index (χ4n) is 3.32. The minimum atomic E-state index is -3.74. The zero-order valence-corrected chi connectivity index (χ0v) is 23.0. The van der Waals surface area contributed by atoms with Crippen molar-refractivity contribution in [3.63, 3.8) is 0 Å². The highest BCUT2D eigenvalue weighted by atomic mass is 79.9. The van der Waals surface area contributed by atoms with Crippen LogP contribution in [0.1, 0.15) is 37.5 Å². The number of hydrogen-bond acceptors (Lipinski definition) is 4. The fraction of sp³-hybridized carbons (Fsp3) is 0.440. The first kappa shape index (κ1) is 27.9. The van der Waals surface area contributed by atoms with Crippen LogP contribution in [0.5, 0.6) is 0 Å². The lowest BCUT2D eigenvalue weighted by Crippen LogP contribution is -2.51. The minimum Gasteiger partial charge on any atom is -0.354 e. The lowest BCUT2D eigenvalue weighted by Gasteiger charge is -2.31. The van der Waals surface area contributed by atoms with Gasteiger partial charge in [0.1, 0.15) is 12.6 Å². The van der Waals surface area contributed by atoms with Gasteiger partial charge in [-0.15, -0.1) is 0 Å². The monoisotopic (exact) mass is 551 g/mol. The quantitative estimate of drug-likeness (QED) is 0.483. The van der Waals surface area contributed by atoms with E-state index >= 15 is 0 Å². The van der Waals surface area contributed by atoms with Gasteiger partial charge in [-0.2, -0.15) is 0 Å². The topological polar surface area (TPSA) is 86.8 Å². The van der Waals surface area contributed by atoms with Crippen molar-refractivity contribution in [1.82, 2.24) is 10.2 Å². The summed E-state index contributed by atoms with van der Waals surface area (Å²) in [7, 11) is -3.74. The standard InChI is InChI=1S/C25H34BrN3O4S/c1-17(2)14-27-25(31)20(5)28(15-21-8-10-22(26)11-9-21)24(30)16-29(34(6,32)33)23-12-7-18(3)19(4)13-23/h7-13,17,20H,14-16H2,1-6H3,(H,27,31)/t20-/m0/s1. The van der Waals surface area contributed by atoms with Gasteiger partial charge in [-0.3, -0.25) is 13.9 Å². The van der Waals surface area contributed by atoms with Crippen LogP contribution in [-0.2, 0) is 26.2 Å². The summed E-state index contributed by atoms with van der Waals surface area (Å²) in [6, 6.07) is 11.9. The molecule has 0 radical (unpaired) electrons. The summed E-state index contributed by atoms with van der Waals surface area (Å²) < 4.78 is 27.3. The molecule has 0 fully saturated rings. The number of carbonyl (C=O) groups is 2. The molecule has 2 amide bonds. The molecule has 0 aliphatic rings. The summed E-state index contributed by atoms with van der Waals surface area (Å²) in [5, 5.41) is 2.87. The third-order valence-corrected chi connectivity index (χ3v) is 7.24. The Morgan fingerprint density at radius 1 is 1.00 bits per heavy atom. The zero-order valence-electron chi connectivity index (χ0n) is 20.6. The minimum absolute atomic E-state index is 0.174. The Bertz CT molecular complexity index is 1120. The number of anilines is 1. The molecule has 0 bridgehead atoms. The van der Waals surface area contributed by atoms with E-state index in [1.807, 2.05) is 58.0 Å². The molecule has 0 saturated carbocycles. The number of aryl methyl sites for hydroxylation is 2. The SMILES string of the molecule is Cc1ccc(N(CC(=O)N(Cc2ccc(Br)cc2)[C@@H](C)C(=O)NCC(C)C)S(C)(=O)=O)cc1C. The van der Waals surface area contributed by atoms with Crippen molar-refractivity contribution >= 4 is 43.5 Å². The number of nitrogens with one attached hydrogen (secondary N) is 1. The predicted molar refractivity (Wildman–Crippen MR) is 140 cm³/mol. The van der Waals surface area contributed by atoms with E-state index in [-0.39, 0.29) is 18.4 Å². The van der Waals surface area contributed by atoms with E-state index in [2.05, 4.69) is 21.2 Å². The summed E-state index contributed by atoms with van der Waals surface area (Å²) in [6.45, 7) is 9.72. The molecule has 9 heteroatoms. The summed E-state index contributed by atoms with van der Waals surface area (Å²) in [6.07, 6.45) is 1.08. The number of hydrogen-bond donors (Lipinski definition) is 1. The third kappa shape index (κ3) is 7.84. The number of benzene rings is 2. The number of halogens is 1. The second-order valence-electron chi connectivity index (χ2n) is 9.00. The molecule has 2 aromatic carbocycles. The molecule has 186 valence electrons. The molecule has 2 aromatic rings. The number of carbonyl (C=O) groups excluding carboxylic acids is 2. The molecule has 1 N–H and O–H groups in total. The predicted octanol–water partition coefficient (Wildman–Crippen LogP) is 4.02. The van der Waals surface area contributed by atoms with Crippen molar-refractivity contribution in [2.45, 2.75) is 47.2 Å². The van der Waals surface area contributed by atoms with Crippen LogP contribution >= 0.6 is 15.9 Å². The van der Waals surface area contributed by atoms with Crippen LogP contribution in [-0.4, -0.2) is 50.5 Å². The van der Waals surface area contributed by atoms with Gasteiger partial charge in [0.05, 0.1) is 11.9 Å². The van der Waals surface area contributed by atoms with Crippen molar-refractivity contribution in [2.75, 3.05) is 23.7 Å². The molecule has 1 atom stereocenters. The van der Waals surface area contributed by atoms with Gasteiger partial charge in [0.25, 0.3) is 0 Å². The van der Waals surface area contributed by atoms with Gasteiger partial charge in [-0.05, 0) is 67.6 Å². The largest absolute Gasteiger partial charge is 0.354 e. The normalized spacial score (nSPS) is 12.4. The molecule has 7 nitrogen and oxygen atoms in total. The van der Waals surface area contributed by atoms with E-state index < -0.39 is 28.5 Å². The average Bonchev–Trinajstić information content (AvgIpc) is 2.76. The van der Waals surface area contributed by atoms with Crippen molar-refractivity contribution in [1.29, 1.82) is 0 Å². The first-order valence-electron chi connectivity index (χ1n) is 11.2. The molecule has 0 aromatic heterocycles. The Balaban J connectivity index is 2.37. The van der Waals surface area contributed by atoms with Gasteiger partial charge < -0.3 is 10.2 Å². The molecule has 0 unspecified atom stereocenters. The molecule has 0 spiro atoms. The Hall–Kier alpha value is -2.39. The van der Waals surface area contributed by atoms with Gasteiger partial charge in [-0.25, -0.2) is 8.42 Å². The maximum atomic E-state index is 13.5. The van der Waals surface area contributed by atoms with Crippen molar-refractivity contribution in [3.05, 3.63) is 63.6 Å². The van der Waals surface area contributed by atoms with Gasteiger partial charge >= 0.3 is 0 Å². The summed E-state index contributed by atoms with van der Waals surface area (Å²) in [4.78, 5) is 27.8. The molecule has 0 saturated heterocycles. The fourth-order valence-corrected chi connectivity index (χ4v) is 4.42. The smallest absolute Gasteiger partial charge is 0.244 e. The lowest BCUT2D eigenvalue weighted by atomic mass is 10.1. The number of amides is 2. The highest BCUT2D eigenvalue weighted by Crippen LogP contribution is 2.22. The molecule has 0 aliphatic carbocycles. The summed E-state index contributed by atoms with van der Waals surface area (Å²) in [5.74, 6) is -0.479. The van der Waals surface area contributed by atoms with Crippen LogP contribution in [0.25, 0.3) is 0 Å². The first-order valence-corrected chi connectivity index (χ1v) is 13.8. The molecular formula is C25H34BrN3O4S. The maximum absolute atomic E-state index is 13.5. The Morgan fingerprint density at radius 3 is 2.15 bits per heavy atom. The number of nitrogens with zero attached hydrogens (tertiary/aromatic N) is 2. The maximum Gasteiger partial charge on any atom is 0.244 e. The summed E-state index contributed by atoms with van der Waals surface area (Å²) >= 11 is 3.40. The van der Waals surface area contributed by atoms with Crippen molar-refractivity contribution in [2.24, 2.45) is 5.92 Å². The van der Waals surface area contributed by atoms with E-state index in [4.69, 9.17) is 0 Å². The third-order valence-electron chi connectivity index (χ3n) is 5.58. The Morgan fingerprint density at radius 2 is 1.62 bits per heavy atom. The second-order valence-corrected chi connectivity index (χ2v) is 11.8. The van der Waals surface area contributed by atoms with E-state index in [0.29, 0.717) is 12.2 Å². The average molecular weight is 553 g/mol. The first-order chi connectivity index (χ1) is 15.8. The van der Waals surface area contributed by atoms with Crippen LogP contribution < -0.4 is 9.62 Å². The molecular weight excluding hydrogens is 518 g/mol. The van der Waals surface area contributed by atoms with Gasteiger partial charge in [0.15, 0.2) is 0 Å². The highest BCUT2D eigenvalue weighted by Gasteiger charge is 2.30. The molecule has 2 rings (SSSR count). The molecule has 0 heterocycles. The van der Waals surface area contributed by atoms with E-state index in [1.165, 1.54) is 4.90 Å². The van der Waals surface area contributed by atoms with Gasteiger partial charge in [-0.1, -0.05) is 48.0 Å².